The Hall–Kier alpha value is -4.98. The van der Waals surface area contributed by atoms with Crippen LogP contribution in [-0.4, -0.2) is 23.9 Å². The number of carbonyl (C=O) groups is 1. The molecule has 0 amide bonds. The molecule has 0 saturated carbocycles. The number of nitrogens with zero attached hydrogens (tertiary/aromatic N) is 3. The Labute approximate surface area is 261 Å². The molecule has 218 valence electrons. The first-order valence-corrected chi connectivity index (χ1v) is 15.8. The van der Waals surface area contributed by atoms with Gasteiger partial charge in [-0.25, -0.2) is 17.7 Å². The van der Waals surface area contributed by atoms with Crippen LogP contribution in [0.3, 0.4) is 0 Å². The Kier molecular flexibility index (Phi) is 7.91. The molecule has 5 aromatic carbocycles. The zero-order valence-corrected chi connectivity index (χ0v) is 25.6. The molecule has 0 radical (unpaired) electrons. The van der Waals surface area contributed by atoms with Crippen LogP contribution in [0.1, 0.15) is 21.5 Å². The lowest BCUT2D eigenvalue weighted by Gasteiger charge is -2.24. The van der Waals surface area contributed by atoms with Gasteiger partial charge in [-0.2, -0.15) is 0 Å². The number of sulfonamides is 1. The Bertz CT molecular complexity index is 2040. The molecule has 0 bridgehead atoms. The van der Waals surface area contributed by atoms with Crippen molar-refractivity contribution >= 4 is 39.0 Å². The van der Waals surface area contributed by atoms with Crippen LogP contribution >= 0.6 is 11.6 Å². The van der Waals surface area contributed by atoms with Crippen LogP contribution in [0.2, 0.25) is 5.02 Å². The molecular formula is C36H28ClN3O3S. The molecule has 8 heteroatoms. The van der Waals surface area contributed by atoms with E-state index in [9.17, 15) is 13.2 Å². The number of carbonyl (C=O) groups excluding carboxylic acids is 1. The lowest BCUT2D eigenvalue weighted by molar-refractivity contribution is 0.0963. The van der Waals surface area contributed by atoms with E-state index in [4.69, 9.17) is 16.6 Å². The molecule has 0 saturated heterocycles. The third-order valence-corrected chi connectivity index (χ3v) is 9.24. The van der Waals surface area contributed by atoms with E-state index < -0.39 is 10.0 Å². The minimum atomic E-state index is -4.23. The van der Waals surface area contributed by atoms with Crippen LogP contribution in [0, 0.1) is 13.8 Å². The van der Waals surface area contributed by atoms with Crippen LogP contribution in [0.15, 0.2) is 138 Å². The maximum Gasteiger partial charge on any atom is 0.269 e. The van der Waals surface area contributed by atoms with Crippen LogP contribution < -0.4 is 4.31 Å². The molecule has 1 aromatic heterocycles. The van der Waals surface area contributed by atoms with Crippen LogP contribution in [0.4, 0.5) is 11.5 Å². The van der Waals surface area contributed by atoms with Gasteiger partial charge in [0.1, 0.15) is 11.5 Å². The second-order valence-corrected chi connectivity index (χ2v) is 12.6. The number of anilines is 2. The number of para-hydroxylation sites is 1. The van der Waals surface area contributed by atoms with Crippen molar-refractivity contribution in [3.05, 3.63) is 155 Å². The largest absolute Gasteiger partial charge is 0.269 e. The third-order valence-electron chi connectivity index (χ3n) is 7.25. The van der Waals surface area contributed by atoms with Gasteiger partial charge in [0, 0.05) is 21.7 Å². The summed E-state index contributed by atoms with van der Waals surface area (Å²) in [7, 11) is -4.23. The molecule has 0 fully saturated rings. The van der Waals surface area contributed by atoms with Crippen LogP contribution in [-0.2, 0) is 10.0 Å². The van der Waals surface area contributed by atoms with Gasteiger partial charge >= 0.3 is 0 Å². The molecule has 1 heterocycles. The smallest absolute Gasteiger partial charge is 0.268 e. The van der Waals surface area contributed by atoms with Crippen molar-refractivity contribution in [2.45, 2.75) is 18.7 Å². The number of halogens is 1. The first-order valence-electron chi connectivity index (χ1n) is 14.0. The Morgan fingerprint density at radius 2 is 1.20 bits per heavy atom. The molecule has 0 unspecified atom stereocenters. The number of benzene rings is 5. The molecule has 0 aliphatic heterocycles. The number of aryl methyl sites for hydroxylation is 2. The normalized spacial score (nSPS) is 11.3. The van der Waals surface area contributed by atoms with Crippen molar-refractivity contribution < 1.29 is 13.2 Å². The fourth-order valence-corrected chi connectivity index (χ4v) is 6.55. The van der Waals surface area contributed by atoms with Gasteiger partial charge in [0.15, 0.2) is 5.82 Å². The van der Waals surface area contributed by atoms with E-state index in [2.05, 4.69) is 0 Å². The summed E-state index contributed by atoms with van der Waals surface area (Å²) in [5, 5.41) is 0.502. The van der Waals surface area contributed by atoms with Gasteiger partial charge in [0.2, 0.25) is 0 Å². The van der Waals surface area contributed by atoms with E-state index >= 15 is 0 Å². The van der Waals surface area contributed by atoms with Gasteiger partial charge in [0.05, 0.1) is 10.6 Å². The van der Waals surface area contributed by atoms with Crippen molar-refractivity contribution in [1.29, 1.82) is 0 Å². The Balaban J connectivity index is 1.73. The summed E-state index contributed by atoms with van der Waals surface area (Å²) < 4.78 is 31.9. The van der Waals surface area contributed by atoms with Gasteiger partial charge in [0.25, 0.3) is 15.9 Å². The van der Waals surface area contributed by atoms with Crippen molar-refractivity contribution in [1.82, 2.24) is 9.55 Å². The van der Waals surface area contributed by atoms with Crippen LogP contribution in [0.25, 0.3) is 22.6 Å². The molecule has 6 nitrogen and oxygen atoms in total. The molecule has 44 heavy (non-hydrogen) atoms. The number of rotatable bonds is 7. The number of hydrogen-bond donors (Lipinski definition) is 0. The predicted octanol–water partition coefficient (Wildman–Crippen LogP) is 8.70. The summed E-state index contributed by atoms with van der Waals surface area (Å²) in [5.74, 6) is 0.0309. The topological polar surface area (TPSA) is 72.3 Å². The maximum atomic E-state index is 14.6. The third kappa shape index (κ3) is 5.55. The van der Waals surface area contributed by atoms with Crippen molar-refractivity contribution in [3.8, 4) is 22.6 Å². The Morgan fingerprint density at radius 3 is 1.80 bits per heavy atom. The summed E-state index contributed by atoms with van der Waals surface area (Å²) in [5.41, 5.74) is 4.29. The zero-order valence-electron chi connectivity index (χ0n) is 24.1. The average molecular weight is 618 g/mol. The minimum absolute atomic E-state index is 0.0824. The molecule has 6 rings (SSSR count). The Morgan fingerprint density at radius 1 is 0.682 bits per heavy atom. The SMILES string of the molecule is Cc1ccc(-c2nc(N(c3ccccc3)S(=O)(=O)c3ccc(C)cc3)c(-c3ccc(Cl)cc3)n2C(=O)c2ccccc2)cc1. The summed E-state index contributed by atoms with van der Waals surface area (Å²) in [4.78, 5) is 19.5. The summed E-state index contributed by atoms with van der Waals surface area (Å²) in [6, 6.07) is 38.9. The first-order chi connectivity index (χ1) is 21.2. The lowest BCUT2D eigenvalue weighted by atomic mass is 10.1. The molecule has 0 N–H and O–H groups in total. The van der Waals surface area contributed by atoms with E-state index in [1.807, 2.05) is 50.2 Å². The van der Waals surface area contributed by atoms with Gasteiger partial charge in [-0.1, -0.05) is 108 Å². The highest BCUT2D eigenvalue weighted by Crippen LogP contribution is 2.42. The van der Waals surface area contributed by atoms with Gasteiger partial charge in [-0.3, -0.25) is 9.36 Å². The molecule has 0 aliphatic rings. The minimum Gasteiger partial charge on any atom is -0.268 e. The number of hydrogen-bond acceptors (Lipinski definition) is 4. The standard InChI is InChI=1S/C36H28ClN3O3S/c1-25-13-17-28(18-14-25)34-38-35(40(31-11-7-4-8-12-31)44(42,43)32-23-15-26(2)16-24-32)33(27-19-21-30(37)22-20-27)39(34)36(41)29-9-5-3-6-10-29/h3-24H,1-2H3. The molecule has 6 aromatic rings. The van der Waals surface area contributed by atoms with Crippen molar-refractivity contribution in [2.75, 3.05) is 4.31 Å². The van der Waals surface area contributed by atoms with Gasteiger partial charge in [-0.15, -0.1) is 0 Å². The average Bonchev–Trinajstić information content (AvgIpc) is 3.42. The highest BCUT2D eigenvalue weighted by atomic mass is 35.5. The lowest BCUT2D eigenvalue weighted by Crippen LogP contribution is -2.27. The van der Waals surface area contributed by atoms with E-state index in [1.54, 1.807) is 97.1 Å². The predicted molar refractivity (Wildman–Crippen MR) is 176 cm³/mol. The van der Waals surface area contributed by atoms with E-state index in [0.29, 0.717) is 38.9 Å². The van der Waals surface area contributed by atoms with Crippen molar-refractivity contribution in [2.24, 2.45) is 0 Å². The first kappa shape index (κ1) is 29.1. The quantitative estimate of drug-likeness (QED) is 0.180. The summed E-state index contributed by atoms with van der Waals surface area (Å²) in [6.07, 6.45) is 0. The summed E-state index contributed by atoms with van der Waals surface area (Å²) >= 11 is 6.28. The van der Waals surface area contributed by atoms with Gasteiger partial charge in [-0.05, 0) is 62.4 Å². The summed E-state index contributed by atoms with van der Waals surface area (Å²) in [6.45, 7) is 3.87. The second kappa shape index (κ2) is 12.0. The van der Waals surface area contributed by atoms with E-state index in [0.717, 1.165) is 11.1 Å². The molecular weight excluding hydrogens is 590 g/mol. The monoisotopic (exact) mass is 617 g/mol. The highest BCUT2D eigenvalue weighted by molar-refractivity contribution is 7.93. The van der Waals surface area contributed by atoms with Gasteiger partial charge < -0.3 is 0 Å². The molecule has 0 aliphatic carbocycles. The highest BCUT2D eigenvalue weighted by Gasteiger charge is 2.35. The van der Waals surface area contributed by atoms with E-state index in [1.165, 1.54) is 8.87 Å². The number of aromatic nitrogens is 2. The molecule has 0 atom stereocenters. The second-order valence-electron chi connectivity index (χ2n) is 10.4. The fraction of sp³-hybridized carbons (Fsp3) is 0.0556. The number of imidazole rings is 1. The fourth-order valence-electron chi connectivity index (χ4n) is 4.97. The zero-order chi connectivity index (χ0) is 30.8. The van der Waals surface area contributed by atoms with E-state index in [-0.39, 0.29) is 16.6 Å². The van der Waals surface area contributed by atoms with Crippen LogP contribution in [0.5, 0.6) is 0 Å². The maximum absolute atomic E-state index is 14.6. The molecule has 0 spiro atoms. The van der Waals surface area contributed by atoms with Crippen molar-refractivity contribution in [3.63, 3.8) is 0 Å².